The number of allylic oxidation sites excluding steroid dienone is 1. The number of likely N-dealkylation sites (tertiary alicyclic amines) is 1. The average molecular weight is 514 g/mol. The molecule has 0 radical (unpaired) electrons. The Balaban J connectivity index is 1.40. The van der Waals surface area contributed by atoms with Crippen LogP contribution in [0.1, 0.15) is 47.1 Å². The highest BCUT2D eigenvalue weighted by molar-refractivity contribution is 6.03. The molecule has 1 saturated heterocycles. The van der Waals surface area contributed by atoms with Gasteiger partial charge in [0.15, 0.2) is 5.82 Å². The lowest BCUT2D eigenvalue weighted by molar-refractivity contribution is 0.0968. The van der Waals surface area contributed by atoms with Crippen molar-refractivity contribution in [3.8, 4) is 5.88 Å². The van der Waals surface area contributed by atoms with Crippen LogP contribution < -0.4 is 4.74 Å². The number of ether oxygens (including phenoxy) is 1. The molecule has 1 N–H and O–H groups in total. The van der Waals surface area contributed by atoms with Crippen molar-refractivity contribution < 1.29 is 13.5 Å². The van der Waals surface area contributed by atoms with Crippen molar-refractivity contribution in [2.75, 3.05) is 33.4 Å². The van der Waals surface area contributed by atoms with E-state index in [2.05, 4.69) is 57.3 Å². The zero-order valence-electron chi connectivity index (χ0n) is 21.8. The third kappa shape index (κ3) is 4.62. The maximum atomic E-state index is 15.6. The van der Waals surface area contributed by atoms with Gasteiger partial charge in [0, 0.05) is 48.5 Å². The number of benzene rings is 2. The highest BCUT2D eigenvalue weighted by atomic mass is 19.1. The van der Waals surface area contributed by atoms with Gasteiger partial charge >= 0.3 is 0 Å². The fourth-order valence-corrected chi connectivity index (χ4v) is 6.24. The maximum absolute atomic E-state index is 15.6. The van der Waals surface area contributed by atoms with Crippen LogP contribution in [-0.4, -0.2) is 48.3 Å². The number of pyridine rings is 1. The first-order chi connectivity index (χ1) is 18.7. The second-order valence-electron chi connectivity index (χ2n) is 10.5. The predicted molar refractivity (Wildman–Crippen MR) is 149 cm³/mol. The largest absolute Gasteiger partial charge is 0.479 e. The highest BCUT2D eigenvalue weighted by Crippen LogP contribution is 2.43. The summed E-state index contributed by atoms with van der Waals surface area (Å²) in [6.07, 6.45) is 7.88. The van der Waals surface area contributed by atoms with Crippen molar-refractivity contribution in [2.45, 2.75) is 32.1 Å². The van der Waals surface area contributed by atoms with E-state index in [1.165, 1.54) is 23.6 Å². The fourth-order valence-electron chi connectivity index (χ4n) is 6.24. The molecule has 0 amide bonds. The molecule has 0 spiro atoms. The number of halogens is 2. The van der Waals surface area contributed by atoms with Gasteiger partial charge < -0.3 is 14.6 Å². The molecule has 0 atom stereocenters. The normalized spacial score (nSPS) is 16.4. The SMILES string of the molecule is COc1nccc(C2=C(c3ccc(CC4CN(CCCF)C4)cc3)c3ccc4[nH]ccc4c3CCC2)c1F. The van der Waals surface area contributed by atoms with E-state index < -0.39 is 5.82 Å². The molecular formula is C32H33F2N3O. The predicted octanol–water partition coefficient (Wildman–Crippen LogP) is 6.84. The number of aryl methyl sites for hydroxylation is 1. The van der Waals surface area contributed by atoms with E-state index >= 15 is 4.39 Å². The third-order valence-corrected chi connectivity index (χ3v) is 8.05. The van der Waals surface area contributed by atoms with E-state index in [4.69, 9.17) is 4.74 Å². The Morgan fingerprint density at radius 3 is 2.66 bits per heavy atom. The van der Waals surface area contributed by atoms with E-state index in [1.54, 1.807) is 12.3 Å². The number of aromatic nitrogens is 2. The number of hydrogen-bond acceptors (Lipinski definition) is 3. The monoisotopic (exact) mass is 513 g/mol. The Morgan fingerprint density at radius 2 is 1.87 bits per heavy atom. The second-order valence-corrected chi connectivity index (χ2v) is 10.5. The highest BCUT2D eigenvalue weighted by Gasteiger charge is 2.27. The van der Waals surface area contributed by atoms with Gasteiger partial charge in [-0.3, -0.25) is 4.39 Å². The van der Waals surface area contributed by atoms with Crippen molar-refractivity contribution in [1.29, 1.82) is 0 Å². The van der Waals surface area contributed by atoms with Crippen LogP contribution in [-0.2, 0) is 12.8 Å². The summed E-state index contributed by atoms with van der Waals surface area (Å²) in [4.78, 5) is 9.75. The third-order valence-electron chi connectivity index (χ3n) is 8.05. The fraction of sp³-hybridized carbons (Fsp3) is 0.344. The molecule has 3 heterocycles. The van der Waals surface area contributed by atoms with Gasteiger partial charge in [-0.2, -0.15) is 0 Å². The number of rotatable bonds is 8. The van der Waals surface area contributed by atoms with Gasteiger partial charge in [0.1, 0.15) is 0 Å². The number of hydrogen-bond donors (Lipinski definition) is 1. The summed E-state index contributed by atoms with van der Waals surface area (Å²) < 4.78 is 33.3. The van der Waals surface area contributed by atoms with Crippen molar-refractivity contribution in [2.24, 2.45) is 5.92 Å². The van der Waals surface area contributed by atoms with E-state index in [-0.39, 0.29) is 12.6 Å². The molecule has 0 bridgehead atoms. The Bertz CT molecular complexity index is 1470. The Morgan fingerprint density at radius 1 is 1.03 bits per heavy atom. The van der Waals surface area contributed by atoms with E-state index in [9.17, 15) is 4.39 Å². The number of nitrogens with one attached hydrogen (secondary N) is 1. The summed E-state index contributed by atoms with van der Waals surface area (Å²) in [5.41, 5.74) is 8.62. The Labute approximate surface area is 222 Å². The molecule has 38 heavy (non-hydrogen) atoms. The molecule has 6 heteroatoms. The van der Waals surface area contributed by atoms with Gasteiger partial charge in [0.2, 0.25) is 0 Å². The molecule has 2 aromatic carbocycles. The number of methoxy groups -OCH3 is 1. The van der Waals surface area contributed by atoms with E-state index in [0.29, 0.717) is 17.9 Å². The number of nitrogens with zero attached hydrogens (tertiary/aromatic N) is 2. The molecule has 1 aliphatic heterocycles. The minimum Gasteiger partial charge on any atom is -0.479 e. The van der Waals surface area contributed by atoms with Gasteiger partial charge in [-0.15, -0.1) is 0 Å². The summed E-state index contributed by atoms with van der Waals surface area (Å²) in [6, 6.07) is 17.0. The molecule has 4 aromatic rings. The summed E-state index contributed by atoms with van der Waals surface area (Å²) in [5, 5.41) is 1.23. The second kappa shape index (κ2) is 10.7. The van der Waals surface area contributed by atoms with Gasteiger partial charge in [0.05, 0.1) is 13.8 Å². The minimum atomic E-state index is -0.410. The van der Waals surface area contributed by atoms with Crippen LogP contribution in [0.3, 0.4) is 0 Å². The lowest BCUT2D eigenvalue weighted by Crippen LogP contribution is -2.47. The number of alkyl halides is 1. The number of aromatic amines is 1. The molecule has 1 fully saturated rings. The van der Waals surface area contributed by atoms with Crippen molar-refractivity contribution >= 4 is 22.0 Å². The van der Waals surface area contributed by atoms with Gasteiger partial charge in [-0.1, -0.05) is 30.3 Å². The summed E-state index contributed by atoms with van der Waals surface area (Å²) >= 11 is 0. The van der Waals surface area contributed by atoms with Crippen LogP contribution in [0, 0.1) is 11.7 Å². The summed E-state index contributed by atoms with van der Waals surface area (Å²) in [7, 11) is 1.45. The maximum Gasteiger partial charge on any atom is 0.250 e. The van der Waals surface area contributed by atoms with Gasteiger partial charge in [-0.25, -0.2) is 9.37 Å². The molecular weight excluding hydrogens is 480 g/mol. The number of H-pyrrole nitrogens is 1. The topological polar surface area (TPSA) is 41.1 Å². The van der Waals surface area contributed by atoms with E-state index in [1.807, 2.05) is 6.20 Å². The van der Waals surface area contributed by atoms with Crippen LogP contribution in [0.2, 0.25) is 0 Å². The number of fused-ring (bicyclic) bond motifs is 3. The molecule has 196 valence electrons. The van der Waals surface area contributed by atoms with E-state index in [0.717, 1.165) is 73.1 Å². The molecule has 2 aliphatic rings. The first-order valence-corrected chi connectivity index (χ1v) is 13.5. The summed E-state index contributed by atoms with van der Waals surface area (Å²) in [5.74, 6) is 0.234. The Kier molecular flexibility index (Phi) is 6.98. The quantitative estimate of drug-likeness (QED) is 0.280. The standard InChI is InChI=1S/C32H33F2N3O/c1-38-32-31(34)28(13-16-36-32)26-5-2-4-24-25-12-15-35-29(25)11-10-27(24)30(26)23-8-6-21(7-9-23)18-22-19-37(20-22)17-3-14-33/h6-13,15-16,22,35H,2-5,14,17-20H2,1H3. The lowest BCUT2D eigenvalue weighted by atomic mass is 9.86. The zero-order valence-corrected chi connectivity index (χ0v) is 21.8. The van der Waals surface area contributed by atoms with Crippen molar-refractivity contribution in [3.05, 3.63) is 94.6 Å². The van der Waals surface area contributed by atoms with Crippen LogP contribution in [0.15, 0.2) is 60.9 Å². The van der Waals surface area contributed by atoms with Crippen LogP contribution in [0.25, 0.3) is 22.0 Å². The van der Waals surface area contributed by atoms with Crippen LogP contribution >= 0.6 is 0 Å². The lowest BCUT2D eigenvalue weighted by Gasteiger charge is -2.39. The van der Waals surface area contributed by atoms with Gasteiger partial charge in [0.25, 0.3) is 5.88 Å². The molecule has 6 rings (SSSR count). The smallest absolute Gasteiger partial charge is 0.250 e. The average Bonchev–Trinajstić information content (AvgIpc) is 3.32. The summed E-state index contributed by atoms with van der Waals surface area (Å²) in [6.45, 7) is 2.70. The molecule has 2 aromatic heterocycles. The molecule has 1 aliphatic carbocycles. The van der Waals surface area contributed by atoms with Gasteiger partial charge in [-0.05, 0) is 89.6 Å². The zero-order chi connectivity index (χ0) is 26.1. The minimum absolute atomic E-state index is 0.0244. The van der Waals surface area contributed by atoms with Crippen molar-refractivity contribution in [1.82, 2.24) is 14.9 Å². The van der Waals surface area contributed by atoms with Crippen LogP contribution in [0.5, 0.6) is 5.88 Å². The molecule has 4 nitrogen and oxygen atoms in total. The van der Waals surface area contributed by atoms with Crippen molar-refractivity contribution in [3.63, 3.8) is 0 Å². The first kappa shape index (κ1) is 24.8. The van der Waals surface area contributed by atoms with Crippen LogP contribution in [0.4, 0.5) is 8.78 Å². The Hall–Kier alpha value is -3.51. The molecule has 0 saturated carbocycles. The first-order valence-electron chi connectivity index (χ1n) is 13.5. The molecule has 0 unspecified atom stereocenters.